The van der Waals surface area contributed by atoms with Crippen molar-refractivity contribution in [1.82, 2.24) is 5.32 Å². The van der Waals surface area contributed by atoms with Gasteiger partial charge in [0.25, 0.3) is 5.69 Å². The van der Waals surface area contributed by atoms with Gasteiger partial charge in [-0.2, -0.15) is 0 Å². The van der Waals surface area contributed by atoms with Gasteiger partial charge in [0.1, 0.15) is 0 Å². The highest BCUT2D eigenvalue weighted by Crippen LogP contribution is 2.27. The standard InChI is InChI=1S/C13H17FN2O3/c1-9-6-13(11(14)7-12(9)16(17)18)19-8-10-2-4-15-5-3-10/h6-7,10,15H,2-5,8H2,1H3. The molecule has 1 saturated heterocycles. The molecule has 1 aromatic carbocycles. The number of rotatable bonds is 4. The molecule has 0 radical (unpaired) electrons. The number of aryl methyl sites for hydroxylation is 1. The van der Waals surface area contributed by atoms with Crippen LogP contribution in [0.5, 0.6) is 5.75 Å². The maximum atomic E-state index is 13.7. The Kier molecular flexibility index (Phi) is 4.31. The van der Waals surface area contributed by atoms with Crippen LogP contribution in [0.25, 0.3) is 0 Å². The van der Waals surface area contributed by atoms with Crippen LogP contribution >= 0.6 is 0 Å². The van der Waals surface area contributed by atoms with Gasteiger partial charge in [0.15, 0.2) is 11.6 Å². The molecule has 1 aliphatic rings. The van der Waals surface area contributed by atoms with Crippen molar-refractivity contribution in [2.45, 2.75) is 19.8 Å². The molecule has 1 aromatic rings. The van der Waals surface area contributed by atoms with Gasteiger partial charge < -0.3 is 10.1 Å². The Labute approximate surface area is 110 Å². The van der Waals surface area contributed by atoms with E-state index >= 15 is 0 Å². The van der Waals surface area contributed by atoms with E-state index in [-0.39, 0.29) is 11.4 Å². The summed E-state index contributed by atoms with van der Waals surface area (Å²) in [5.74, 6) is -0.163. The fraction of sp³-hybridized carbons (Fsp3) is 0.538. The van der Waals surface area contributed by atoms with Crippen LogP contribution in [-0.2, 0) is 0 Å². The van der Waals surface area contributed by atoms with Crippen LogP contribution in [0.2, 0.25) is 0 Å². The molecule has 0 spiro atoms. The third-order valence-electron chi connectivity index (χ3n) is 3.38. The second-order valence-electron chi connectivity index (χ2n) is 4.83. The van der Waals surface area contributed by atoms with E-state index < -0.39 is 10.7 Å². The number of halogens is 1. The van der Waals surface area contributed by atoms with Crippen LogP contribution in [0.4, 0.5) is 10.1 Å². The summed E-state index contributed by atoms with van der Waals surface area (Å²) in [4.78, 5) is 10.1. The van der Waals surface area contributed by atoms with Crippen LogP contribution < -0.4 is 10.1 Å². The van der Waals surface area contributed by atoms with Gasteiger partial charge in [0.05, 0.1) is 17.6 Å². The van der Waals surface area contributed by atoms with Gasteiger partial charge in [0, 0.05) is 5.56 Å². The van der Waals surface area contributed by atoms with Crippen molar-refractivity contribution in [2.75, 3.05) is 19.7 Å². The number of hydrogen-bond acceptors (Lipinski definition) is 4. The molecule has 0 aliphatic carbocycles. The van der Waals surface area contributed by atoms with E-state index in [1.807, 2.05) is 0 Å². The smallest absolute Gasteiger partial charge is 0.275 e. The summed E-state index contributed by atoms with van der Waals surface area (Å²) in [6, 6.07) is 2.32. The molecule has 1 fully saturated rings. The zero-order chi connectivity index (χ0) is 13.8. The fourth-order valence-electron chi connectivity index (χ4n) is 2.21. The van der Waals surface area contributed by atoms with Gasteiger partial charge in [0.2, 0.25) is 0 Å². The maximum absolute atomic E-state index is 13.7. The molecule has 1 N–H and O–H groups in total. The Balaban J connectivity index is 2.04. The second kappa shape index (κ2) is 5.97. The Hall–Kier alpha value is -1.69. The Bertz CT molecular complexity index is 473. The van der Waals surface area contributed by atoms with Crippen molar-refractivity contribution in [3.05, 3.63) is 33.6 Å². The van der Waals surface area contributed by atoms with Gasteiger partial charge >= 0.3 is 0 Å². The summed E-state index contributed by atoms with van der Waals surface area (Å²) >= 11 is 0. The van der Waals surface area contributed by atoms with Gasteiger partial charge in [-0.1, -0.05) is 0 Å². The monoisotopic (exact) mass is 268 g/mol. The first-order valence-corrected chi connectivity index (χ1v) is 6.36. The predicted molar refractivity (Wildman–Crippen MR) is 68.9 cm³/mol. The third-order valence-corrected chi connectivity index (χ3v) is 3.38. The van der Waals surface area contributed by atoms with Crippen molar-refractivity contribution < 1.29 is 14.1 Å². The molecule has 1 aliphatic heterocycles. The molecular weight excluding hydrogens is 251 g/mol. The van der Waals surface area contributed by atoms with Crippen LogP contribution in [0.3, 0.4) is 0 Å². The Morgan fingerprint density at radius 3 is 2.79 bits per heavy atom. The van der Waals surface area contributed by atoms with Crippen molar-refractivity contribution >= 4 is 5.69 Å². The molecule has 0 bridgehead atoms. The molecule has 1 heterocycles. The summed E-state index contributed by atoms with van der Waals surface area (Å²) in [6.45, 7) is 3.94. The minimum atomic E-state index is -0.675. The van der Waals surface area contributed by atoms with Crippen molar-refractivity contribution in [2.24, 2.45) is 5.92 Å². The van der Waals surface area contributed by atoms with E-state index in [2.05, 4.69) is 5.32 Å². The van der Waals surface area contributed by atoms with Crippen LogP contribution in [0.15, 0.2) is 12.1 Å². The molecular formula is C13H17FN2O3. The normalized spacial score (nSPS) is 16.3. The highest BCUT2D eigenvalue weighted by Gasteiger charge is 2.18. The van der Waals surface area contributed by atoms with Gasteiger partial charge in [-0.15, -0.1) is 0 Å². The summed E-state index contributed by atoms with van der Waals surface area (Å²) in [6.07, 6.45) is 2.02. The van der Waals surface area contributed by atoms with Gasteiger partial charge in [-0.25, -0.2) is 4.39 Å². The topological polar surface area (TPSA) is 64.4 Å². The number of hydrogen-bond donors (Lipinski definition) is 1. The highest BCUT2D eigenvalue weighted by atomic mass is 19.1. The molecule has 5 nitrogen and oxygen atoms in total. The first-order chi connectivity index (χ1) is 9.08. The minimum absolute atomic E-state index is 0.0987. The van der Waals surface area contributed by atoms with Crippen molar-refractivity contribution in [1.29, 1.82) is 0 Å². The fourth-order valence-corrected chi connectivity index (χ4v) is 2.21. The molecule has 0 amide bonds. The summed E-state index contributed by atoms with van der Waals surface area (Å²) in [5, 5.41) is 13.9. The molecule has 0 saturated carbocycles. The Morgan fingerprint density at radius 2 is 2.16 bits per heavy atom. The van der Waals surface area contributed by atoms with E-state index in [1.54, 1.807) is 6.92 Å². The first kappa shape index (κ1) is 13.7. The molecule has 0 unspecified atom stereocenters. The van der Waals surface area contributed by atoms with Gasteiger partial charge in [-0.3, -0.25) is 10.1 Å². The lowest BCUT2D eigenvalue weighted by Gasteiger charge is -2.22. The van der Waals surface area contributed by atoms with E-state index in [0.29, 0.717) is 18.1 Å². The largest absolute Gasteiger partial charge is 0.490 e. The molecule has 104 valence electrons. The van der Waals surface area contributed by atoms with Crippen LogP contribution in [0, 0.1) is 28.8 Å². The van der Waals surface area contributed by atoms with Crippen LogP contribution in [0.1, 0.15) is 18.4 Å². The predicted octanol–water partition coefficient (Wildman–Crippen LogP) is 2.42. The zero-order valence-corrected chi connectivity index (χ0v) is 10.8. The average molecular weight is 268 g/mol. The van der Waals surface area contributed by atoms with Crippen molar-refractivity contribution in [3.8, 4) is 5.75 Å². The lowest BCUT2D eigenvalue weighted by Crippen LogP contribution is -2.30. The van der Waals surface area contributed by atoms with Gasteiger partial charge in [-0.05, 0) is 44.8 Å². The summed E-state index contributed by atoms with van der Waals surface area (Å²) < 4.78 is 19.2. The molecule has 6 heteroatoms. The average Bonchev–Trinajstić information content (AvgIpc) is 2.40. The Morgan fingerprint density at radius 1 is 1.47 bits per heavy atom. The quantitative estimate of drug-likeness (QED) is 0.672. The number of nitrogens with one attached hydrogen (secondary N) is 1. The van der Waals surface area contributed by atoms with E-state index in [9.17, 15) is 14.5 Å². The van der Waals surface area contributed by atoms with Crippen LogP contribution in [-0.4, -0.2) is 24.6 Å². The molecule has 0 atom stereocenters. The highest BCUT2D eigenvalue weighted by molar-refractivity contribution is 5.45. The summed E-state index contributed by atoms with van der Waals surface area (Å²) in [7, 11) is 0. The zero-order valence-electron chi connectivity index (χ0n) is 10.8. The number of nitrogens with zero attached hydrogens (tertiary/aromatic N) is 1. The third kappa shape index (κ3) is 3.41. The first-order valence-electron chi connectivity index (χ1n) is 6.36. The molecule has 0 aromatic heterocycles. The number of ether oxygens (including phenoxy) is 1. The van der Waals surface area contributed by atoms with E-state index in [1.165, 1.54) is 6.07 Å². The van der Waals surface area contributed by atoms with Crippen molar-refractivity contribution in [3.63, 3.8) is 0 Å². The number of nitro groups is 1. The number of piperidine rings is 1. The lowest BCUT2D eigenvalue weighted by atomic mass is 9.99. The van der Waals surface area contributed by atoms with E-state index in [4.69, 9.17) is 4.74 Å². The molecule has 19 heavy (non-hydrogen) atoms. The SMILES string of the molecule is Cc1cc(OCC2CCNCC2)c(F)cc1[N+](=O)[O-]. The maximum Gasteiger partial charge on any atom is 0.275 e. The number of benzene rings is 1. The number of nitro benzene ring substituents is 1. The lowest BCUT2D eigenvalue weighted by molar-refractivity contribution is -0.385. The molecule has 2 rings (SSSR count). The second-order valence-corrected chi connectivity index (χ2v) is 4.83. The minimum Gasteiger partial charge on any atom is -0.490 e. The summed E-state index contributed by atoms with van der Waals surface area (Å²) in [5.41, 5.74) is 0.193. The van der Waals surface area contributed by atoms with E-state index in [0.717, 1.165) is 32.0 Å².